The van der Waals surface area contributed by atoms with E-state index in [0.717, 1.165) is 6.04 Å². The van der Waals surface area contributed by atoms with Crippen LogP contribution in [0.15, 0.2) is 0 Å². The smallest absolute Gasteiger partial charge is 0.0462 e. The third-order valence-corrected chi connectivity index (χ3v) is 3.77. The van der Waals surface area contributed by atoms with Crippen LogP contribution in [0.5, 0.6) is 0 Å². The third-order valence-electron chi connectivity index (χ3n) is 3.77. The molecule has 2 heteroatoms. The predicted octanol–water partition coefficient (Wildman–Crippen LogP) is 4.36. The second-order valence-electron chi connectivity index (χ2n) is 5.01. The Labute approximate surface area is 108 Å². The van der Waals surface area contributed by atoms with Crippen LogP contribution < -0.4 is 0 Å². The summed E-state index contributed by atoms with van der Waals surface area (Å²) in [5, 5.41) is 6.50. The molecule has 1 aliphatic rings. The summed E-state index contributed by atoms with van der Waals surface area (Å²) in [7, 11) is 0. The number of hydrogen-bond donors (Lipinski definition) is 0. The Kier molecular flexibility index (Phi) is 11.5. The SMILES string of the molecule is C#N.CCCCCCCCN1CCCC1CC. The summed E-state index contributed by atoms with van der Waals surface area (Å²) >= 11 is 0. The van der Waals surface area contributed by atoms with Crippen molar-refractivity contribution in [3.05, 3.63) is 0 Å². The van der Waals surface area contributed by atoms with Crippen molar-refractivity contribution >= 4 is 0 Å². The van der Waals surface area contributed by atoms with Crippen LogP contribution in [-0.4, -0.2) is 24.0 Å². The summed E-state index contributed by atoms with van der Waals surface area (Å²) in [6, 6.07) is 0.917. The van der Waals surface area contributed by atoms with E-state index < -0.39 is 0 Å². The van der Waals surface area contributed by atoms with Gasteiger partial charge in [-0.1, -0.05) is 46.0 Å². The van der Waals surface area contributed by atoms with Gasteiger partial charge in [0, 0.05) is 12.6 Å². The van der Waals surface area contributed by atoms with Crippen molar-refractivity contribution < 1.29 is 0 Å². The van der Waals surface area contributed by atoms with E-state index in [0.29, 0.717) is 0 Å². The Morgan fingerprint density at radius 3 is 2.35 bits per heavy atom. The van der Waals surface area contributed by atoms with E-state index in [2.05, 4.69) is 25.3 Å². The van der Waals surface area contributed by atoms with Crippen molar-refractivity contribution in [3.8, 4) is 6.57 Å². The van der Waals surface area contributed by atoms with Crippen LogP contribution >= 0.6 is 0 Å². The highest BCUT2D eigenvalue weighted by molar-refractivity contribution is 4.77. The Hall–Kier alpha value is -0.550. The standard InChI is InChI=1S/C14H29N.CHN/c1-3-5-6-7-8-9-12-15-13-10-11-14(15)4-2;1-2/h14H,3-13H2,1-2H3;1H. The first-order chi connectivity index (χ1) is 8.38. The molecule has 100 valence electrons. The molecule has 0 spiro atoms. The third kappa shape index (κ3) is 7.39. The Morgan fingerprint density at radius 1 is 1.06 bits per heavy atom. The van der Waals surface area contributed by atoms with Gasteiger partial charge in [0.1, 0.15) is 0 Å². The van der Waals surface area contributed by atoms with Gasteiger partial charge in [-0.25, -0.2) is 5.26 Å². The molecule has 0 saturated carbocycles. The van der Waals surface area contributed by atoms with Gasteiger partial charge in [-0.15, -0.1) is 0 Å². The van der Waals surface area contributed by atoms with Gasteiger partial charge in [0.05, 0.1) is 0 Å². The minimum atomic E-state index is 0.917. The molecule has 1 aliphatic heterocycles. The highest BCUT2D eigenvalue weighted by Crippen LogP contribution is 2.20. The molecule has 2 nitrogen and oxygen atoms in total. The van der Waals surface area contributed by atoms with E-state index in [4.69, 9.17) is 5.26 Å². The average molecular weight is 238 g/mol. The van der Waals surface area contributed by atoms with Crippen LogP contribution in [0.3, 0.4) is 0 Å². The first-order valence-electron chi connectivity index (χ1n) is 7.38. The molecule has 0 aromatic rings. The van der Waals surface area contributed by atoms with Crippen LogP contribution in [0.4, 0.5) is 0 Å². The number of likely N-dealkylation sites (tertiary alicyclic amines) is 1. The number of nitriles is 1. The molecule has 0 aromatic heterocycles. The van der Waals surface area contributed by atoms with Crippen LogP contribution in [0, 0.1) is 11.8 Å². The molecule has 0 bridgehead atoms. The molecule has 1 unspecified atom stereocenters. The minimum absolute atomic E-state index is 0.917. The van der Waals surface area contributed by atoms with E-state index in [-0.39, 0.29) is 0 Å². The van der Waals surface area contributed by atoms with Gasteiger partial charge in [0.15, 0.2) is 0 Å². The highest BCUT2D eigenvalue weighted by atomic mass is 15.2. The number of rotatable bonds is 8. The predicted molar refractivity (Wildman–Crippen MR) is 74.9 cm³/mol. The maximum atomic E-state index is 6.50. The van der Waals surface area contributed by atoms with Gasteiger partial charge < -0.3 is 4.90 Å². The van der Waals surface area contributed by atoms with Gasteiger partial charge in [0.25, 0.3) is 0 Å². The fraction of sp³-hybridized carbons (Fsp3) is 0.933. The summed E-state index contributed by atoms with van der Waals surface area (Å²) < 4.78 is 0. The maximum Gasteiger partial charge on any atom is 0.0462 e. The van der Waals surface area contributed by atoms with Gasteiger partial charge in [-0.2, -0.15) is 0 Å². The Morgan fingerprint density at radius 2 is 1.71 bits per heavy atom. The number of unbranched alkanes of at least 4 members (excludes halogenated alkanes) is 5. The van der Waals surface area contributed by atoms with Gasteiger partial charge >= 0.3 is 0 Å². The number of hydrogen-bond acceptors (Lipinski definition) is 2. The molecule has 1 atom stereocenters. The molecule has 0 radical (unpaired) electrons. The lowest BCUT2D eigenvalue weighted by molar-refractivity contribution is 0.242. The second-order valence-corrected chi connectivity index (χ2v) is 5.01. The lowest BCUT2D eigenvalue weighted by Gasteiger charge is -2.22. The molecule has 1 fully saturated rings. The van der Waals surface area contributed by atoms with E-state index >= 15 is 0 Å². The van der Waals surface area contributed by atoms with Crippen molar-refractivity contribution in [2.24, 2.45) is 0 Å². The largest absolute Gasteiger partial charge is 0.300 e. The first-order valence-corrected chi connectivity index (χ1v) is 7.38. The molecule has 0 aromatic carbocycles. The van der Waals surface area contributed by atoms with E-state index in [1.54, 1.807) is 0 Å². The summed E-state index contributed by atoms with van der Waals surface area (Å²) in [4.78, 5) is 2.72. The minimum Gasteiger partial charge on any atom is -0.300 e. The van der Waals surface area contributed by atoms with Crippen molar-refractivity contribution in [2.75, 3.05) is 13.1 Å². The van der Waals surface area contributed by atoms with Crippen LogP contribution in [0.1, 0.15) is 71.6 Å². The van der Waals surface area contributed by atoms with E-state index in [1.807, 2.05) is 0 Å². The summed E-state index contributed by atoms with van der Waals surface area (Å²) in [5.41, 5.74) is 0. The lowest BCUT2D eigenvalue weighted by Crippen LogP contribution is -2.29. The van der Waals surface area contributed by atoms with E-state index in [9.17, 15) is 0 Å². The van der Waals surface area contributed by atoms with Crippen molar-refractivity contribution in [1.29, 1.82) is 5.26 Å². The van der Waals surface area contributed by atoms with E-state index in [1.165, 1.54) is 70.9 Å². The Balaban J connectivity index is 0.00000121. The molecule has 17 heavy (non-hydrogen) atoms. The van der Waals surface area contributed by atoms with Gasteiger partial charge in [-0.3, -0.25) is 0 Å². The quantitative estimate of drug-likeness (QED) is 0.587. The molecular weight excluding hydrogens is 208 g/mol. The fourth-order valence-corrected chi connectivity index (χ4v) is 2.75. The van der Waals surface area contributed by atoms with Gasteiger partial charge in [-0.05, 0) is 38.8 Å². The van der Waals surface area contributed by atoms with Crippen LogP contribution in [-0.2, 0) is 0 Å². The van der Waals surface area contributed by atoms with Crippen molar-refractivity contribution in [2.45, 2.75) is 77.7 Å². The zero-order valence-corrected chi connectivity index (χ0v) is 11.8. The Bertz CT molecular complexity index is 177. The molecule has 1 saturated heterocycles. The molecule has 1 rings (SSSR count). The number of nitrogens with zero attached hydrogens (tertiary/aromatic N) is 2. The molecule has 0 amide bonds. The normalized spacial score (nSPS) is 19.9. The fourth-order valence-electron chi connectivity index (χ4n) is 2.75. The second kappa shape index (κ2) is 11.9. The van der Waals surface area contributed by atoms with Crippen LogP contribution in [0.2, 0.25) is 0 Å². The first kappa shape index (κ1) is 16.4. The summed E-state index contributed by atoms with van der Waals surface area (Å²) in [6.45, 7) is 10.9. The zero-order valence-electron chi connectivity index (χ0n) is 11.8. The highest BCUT2D eigenvalue weighted by Gasteiger charge is 2.21. The van der Waals surface area contributed by atoms with Gasteiger partial charge in [0.2, 0.25) is 0 Å². The van der Waals surface area contributed by atoms with Crippen molar-refractivity contribution in [1.82, 2.24) is 4.90 Å². The summed E-state index contributed by atoms with van der Waals surface area (Å²) in [6.07, 6.45) is 12.8. The molecular formula is C15H30N2. The summed E-state index contributed by atoms with van der Waals surface area (Å²) in [5.74, 6) is 0. The topological polar surface area (TPSA) is 27.0 Å². The molecule has 1 heterocycles. The van der Waals surface area contributed by atoms with Crippen LogP contribution in [0.25, 0.3) is 0 Å². The lowest BCUT2D eigenvalue weighted by atomic mass is 10.1. The monoisotopic (exact) mass is 238 g/mol. The molecule has 0 N–H and O–H groups in total. The zero-order chi connectivity index (χ0) is 12.9. The maximum absolute atomic E-state index is 6.50. The van der Waals surface area contributed by atoms with Crippen molar-refractivity contribution in [3.63, 3.8) is 0 Å². The average Bonchev–Trinajstić information content (AvgIpc) is 2.83. The molecule has 0 aliphatic carbocycles.